The van der Waals surface area contributed by atoms with Gasteiger partial charge in [0.2, 0.25) is 20.0 Å². The lowest BCUT2D eigenvalue weighted by atomic mass is 10.2. The second kappa shape index (κ2) is 4.53. The molecule has 6 nitrogen and oxygen atoms in total. The van der Waals surface area contributed by atoms with Crippen LogP contribution in [0.3, 0.4) is 0 Å². The first-order chi connectivity index (χ1) is 7.57. The van der Waals surface area contributed by atoms with Gasteiger partial charge in [-0.2, -0.15) is 0 Å². The molecule has 1 aromatic carbocycles. The summed E-state index contributed by atoms with van der Waals surface area (Å²) in [4.78, 5) is 0. The molecule has 0 radical (unpaired) electrons. The molecule has 0 saturated carbocycles. The molecule has 0 atom stereocenters. The first kappa shape index (κ1) is 13.8. The molecule has 0 aliphatic carbocycles. The van der Waals surface area contributed by atoms with E-state index in [2.05, 4.69) is 9.44 Å². The third-order valence-electron chi connectivity index (χ3n) is 1.83. The Bertz CT molecular complexity index is 620. The average molecular weight is 278 g/mol. The van der Waals surface area contributed by atoms with Crippen molar-refractivity contribution in [3.63, 3.8) is 0 Å². The summed E-state index contributed by atoms with van der Waals surface area (Å²) in [6.45, 7) is 1.68. The smallest absolute Gasteiger partial charge is 0.229 e. The van der Waals surface area contributed by atoms with E-state index in [1.54, 1.807) is 13.0 Å². The average Bonchev–Trinajstić information content (AvgIpc) is 2.05. The Morgan fingerprint density at radius 1 is 0.941 bits per heavy atom. The molecule has 2 N–H and O–H groups in total. The van der Waals surface area contributed by atoms with Crippen LogP contribution in [-0.2, 0) is 20.0 Å². The summed E-state index contributed by atoms with van der Waals surface area (Å²) in [7, 11) is -6.67. The maximum absolute atomic E-state index is 11.0. The molecule has 96 valence electrons. The zero-order valence-corrected chi connectivity index (χ0v) is 11.3. The van der Waals surface area contributed by atoms with E-state index in [1.165, 1.54) is 12.1 Å². The molecule has 0 saturated heterocycles. The van der Waals surface area contributed by atoms with Crippen LogP contribution in [0, 0.1) is 6.92 Å². The second-order valence-electron chi connectivity index (χ2n) is 3.78. The van der Waals surface area contributed by atoms with Gasteiger partial charge in [-0.1, -0.05) is 0 Å². The number of nitrogens with one attached hydrogen (secondary N) is 2. The first-order valence-corrected chi connectivity index (χ1v) is 8.41. The highest BCUT2D eigenvalue weighted by Gasteiger charge is 2.07. The number of benzene rings is 1. The number of sulfonamides is 2. The van der Waals surface area contributed by atoms with Crippen molar-refractivity contribution in [2.75, 3.05) is 22.0 Å². The van der Waals surface area contributed by atoms with Gasteiger partial charge >= 0.3 is 0 Å². The van der Waals surface area contributed by atoms with Crippen LogP contribution < -0.4 is 9.44 Å². The highest BCUT2D eigenvalue weighted by atomic mass is 32.2. The van der Waals surface area contributed by atoms with Gasteiger partial charge in [0.25, 0.3) is 0 Å². The molecule has 1 rings (SSSR count). The molecule has 17 heavy (non-hydrogen) atoms. The molecular formula is C9H14N2O4S2. The number of anilines is 2. The summed E-state index contributed by atoms with van der Waals surface area (Å²) in [5.41, 5.74) is 1.44. The predicted octanol–water partition coefficient (Wildman–Crippen LogP) is 0.738. The molecule has 1 aromatic rings. The summed E-state index contributed by atoms with van der Waals surface area (Å²) in [6.07, 6.45) is 2.10. The number of rotatable bonds is 4. The summed E-state index contributed by atoms with van der Waals surface area (Å²) >= 11 is 0. The van der Waals surface area contributed by atoms with Crippen molar-refractivity contribution >= 4 is 31.4 Å². The van der Waals surface area contributed by atoms with Gasteiger partial charge in [0.1, 0.15) is 0 Å². The lowest BCUT2D eigenvalue weighted by molar-refractivity contribution is 0.605. The normalized spacial score (nSPS) is 12.2. The summed E-state index contributed by atoms with van der Waals surface area (Å²) in [5.74, 6) is 0. The van der Waals surface area contributed by atoms with Crippen LogP contribution in [0.25, 0.3) is 0 Å². The molecule has 0 spiro atoms. The fraction of sp³-hybridized carbons (Fsp3) is 0.333. The van der Waals surface area contributed by atoms with E-state index in [0.717, 1.165) is 12.5 Å². The predicted molar refractivity (Wildman–Crippen MR) is 68.1 cm³/mol. The van der Waals surface area contributed by atoms with Crippen LogP contribution in [0.5, 0.6) is 0 Å². The Balaban J connectivity index is 3.02. The number of aryl methyl sites for hydroxylation is 1. The van der Waals surface area contributed by atoms with E-state index in [4.69, 9.17) is 0 Å². The minimum atomic E-state index is -3.34. The van der Waals surface area contributed by atoms with Crippen LogP contribution in [-0.4, -0.2) is 29.3 Å². The largest absolute Gasteiger partial charge is 0.284 e. The quantitative estimate of drug-likeness (QED) is 0.849. The Labute approximate surface area is 101 Å². The first-order valence-electron chi connectivity index (χ1n) is 4.63. The van der Waals surface area contributed by atoms with Gasteiger partial charge in [0.05, 0.1) is 18.2 Å². The molecule has 0 unspecified atom stereocenters. The van der Waals surface area contributed by atoms with E-state index in [1.807, 2.05) is 0 Å². The number of hydrogen-bond donors (Lipinski definition) is 2. The Morgan fingerprint density at radius 3 is 1.88 bits per heavy atom. The monoisotopic (exact) mass is 278 g/mol. The molecule has 0 fully saturated rings. The standard InChI is InChI=1S/C9H14N2O4S2/c1-7-6-8(10-16(2,12)13)4-5-9(7)11-17(3,14)15/h4-6,10-11H,1-3H3. The van der Waals surface area contributed by atoms with Crippen molar-refractivity contribution in [3.8, 4) is 0 Å². The van der Waals surface area contributed by atoms with Gasteiger partial charge in [-0.05, 0) is 30.7 Å². The molecule has 0 aromatic heterocycles. The van der Waals surface area contributed by atoms with Crippen molar-refractivity contribution < 1.29 is 16.8 Å². The van der Waals surface area contributed by atoms with E-state index >= 15 is 0 Å². The Hall–Kier alpha value is -1.28. The van der Waals surface area contributed by atoms with Crippen molar-refractivity contribution in [3.05, 3.63) is 23.8 Å². The van der Waals surface area contributed by atoms with Gasteiger partial charge in [0, 0.05) is 5.69 Å². The molecule has 0 heterocycles. The van der Waals surface area contributed by atoms with Crippen molar-refractivity contribution in [2.24, 2.45) is 0 Å². The molecule has 0 bridgehead atoms. The molecular weight excluding hydrogens is 264 g/mol. The van der Waals surface area contributed by atoms with E-state index in [9.17, 15) is 16.8 Å². The third-order valence-corrected chi connectivity index (χ3v) is 3.02. The van der Waals surface area contributed by atoms with Crippen LogP contribution in [0.15, 0.2) is 18.2 Å². The summed E-state index contributed by atoms with van der Waals surface area (Å²) < 4.78 is 48.7. The summed E-state index contributed by atoms with van der Waals surface area (Å²) in [6, 6.07) is 4.54. The van der Waals surface area contributed by atoms with Crippen LogP contribution >= 0.6 is 0 Å². The Kier molecular flexibility index (Phi) is 3.68. The highest BCUT2D eigenvalue weighted by molar-refractivity contribution is 7.92. The van der Waals surface area contributed by atoms with Gasteiger partial charge < -0.3 is 0 Å². The van der Waals surface area contributed by atoms with Gasteiger partial charge in [-0.15, -0.1) is 0 Å². The maximum Gasteiger partial charge on any atom is 0.229 e. The van der Waals surface area contributed by atoms with Crippen molar-refractivity contribution in [1.82, 2.24) is 0 Å². The third kappa shape index (κ3) is 5.05. The second-order valence-corrected chi connectivity index (χ2v) is 7.28. The van der Waals surface area contributed by atoms with Crippen molar-refractivity contribution in [2.45, 2.75) is 6.92 Å². The fourth-order valence-corrected chi connectivity index (χ4v) is 2.44. The Morgan fingerprint density at radius 2 is 1.47 bits per heavy atom. The topological polar surface area (TPSA) is 92.3 Å². The van der Waals surface area contributed by atoms with Crippen LogP contribution in [0.2, 0.25) is 0 Å². The minimum absolute atomic E-state index is 0.393. The van der Waals surface area contributed by atoms with Gasteiger partial charge in [-0.25, -0.2) is 16.8 Å². The molecule has 0 amide bonds. The molecule has 0 aliphatic heterocycles. The SMILES string of the molecule is Cc1cc(NS(C)(=O)=O)ccc1NS(C)(=O)=O. The maximum atomic E-state index is 11.0. The summed E-state index contributed by atoms with van der Waals surface area (Å²) in [5, 5.41) is 0. The minimum Gasteiger partial charge on any atom is -0.284 e. The zero-order chi connectivity index (χ0) is 13.3. The van der Waals surface area contributed by atoms with E-state index in [0.29, 0.717) is 16.9 Å². The zero-order valence-electron chi connectivity index (χ0n) is 9.68. The van der Waals surface area contributed by atoms with E-state index < -0.39 is 20.0 Å². The lowest BCUT2D eigenvalue weighted by Crippen LogP contribution is -2.12. The van der Waals surface area contributed by atoms with Crippen molar-refractivity contribution in [1.29, 1.82) is 0 Å². The van der Waals surface area contributed by atoms with E-state index in [-0.39, 0.29) is 0 Å². The highest BCUT2D eigenvalue weighted by Crippen LogP contribution is 2.20. The number of hydrogen-bond acceptors (Lipinski definition) is 4. The molecule has 0 aliphatic rings. The van der Waals surface area contributed by atoms with Crippen LogP contribution in [0.4, 0.5) is 11.4 Å². The van der Waals surface area contributed by atoms with Gasteiger partial charge in [0.15, 0.2) is 0 Å². The van der Waals surface area contributed by atoms with Gasteiger partial charge in [-0.3, -0.25) is 9.44 Å². The van der Waals surface area contributed by atoms with Crippen LogP contribution in [0.1, 0.15) is 5.56 Å². The molecule has 8 heteroatoms. The lowest BCUT2D eigenvalue weighted by Gasteiger charge is -2.10. The fourth-order valence-electron chi connectivity index (χ4n) is 1.26.